The van der Waals surface area contributed by atoms with Crippen molar-refractivity contribution in [1.82, 2.24) is 0 Å². The van der Waals surface area contributed by atoms with Crippen LogP contribution in [0.1, 0.15) is 60.8 Å². The number of hydrogen-bond donors (Lipinski definition) is 3. The lowest BCUT2D eigenvalue weighted by Gasteiger charge is -2.25. The molecule has 1 unspecified atom stereocenters. The Morgan fingerprint density at radius 2 is 1.52 bits per heavy atom. The Hall–Kier alpha value is -2.01. The van der Waals surface area contributed by atoms with Gasteiger partial charge >= 0.3 is 0 Å². The van der Waals surface area contributed by atoms with Crippen molar-refractivity contribution in [3.8, 4) is 0 Å². The van der Waals surface area contributed by atoms with Crippen LogP contribution >= 0.6 is 0 Å². The maximum Gasteiger partial charge on any atom is 0.193 e. The standard InChI is InChI=1S/C21H26O4/c1-20(2,24)18(22)16-9-5-7-14(12-16)11-15-8-6-10-17(13-15)19(23)21(3,4)25/h5-10,12-13,18,22,24-25H,11H2,1-4H3. The molecule has 0 saturated heterocycles. The van der Waals surface area contributed by atoms with Gasteiger partial charge in [0.15, 0.2) is 5.78 Å². The van der Waals surface area contributed by atoms with Crippen molar-refractivity contribution < 1.29 is 20.1 Å². The highest BCUT2D eigenvalue weighted by Crippen LogP contribution is 2.26. The second-order valence-corrected chi connectivity index (χ2v) is 7.57. The zero-order chi connectivity index (χ0) is 18.8. The molecule has 0 aromatic heterocycles. The third-order valence-corrected chi connectivity index (χ3v) is 4.09. The highest BCUT2D eigenvalue weighted by atomic mass is 16.3. The average molecular weight is 342 g/mol. The summed E-state index contributed by atoms with van der Waals surface area (Å²) in [5, 5.41) is 30.1. The molecule has 1 atom stereocenters. The molecule has 4 nitrogen and oxygen atoms in total. The smallest absolute Gasteiger partial charge is 0.193 e. The number of carbonyl (C=O) groups excluding carboxylic acids is 1. The molecule has 0 aliphatic heterocycles. The highest BCUT2D eigenvalue weighted by molar-refractivity contribution is 6.01. The summed E-state index contributed by atoms with van der Waals surface area (Å²) in [6.07, 6.45) is -0.394. The van der Waals surface area contributed by atoms with E-state index in [1.807, 2.05) is 24.3 Å². The van der Waals surface area contributed by atoms with E-state index in [9.17, 15) is 20.1 Å². The molecular formula is C21H26O4. The van der Waals surface area contributed by atoms with Crippen LogP contribution in [0.25, 0.3) is 0 Å². The van der Waals surface area contributed by atoms with Crippen LogP contribution in [-0.2, 0) is 6.42 Å². The summed E-state index contributed by atoms with van der Waals surface area (Å²) in [6.45, 7) is 6.08. The molecule has 0 saturated carbocycles. The third kappa shape index (κ3) is 4.98. The third-order valence-electron chi connectivity index (χ3n) is 4.09. The summed E-state index contributed by atoms with van der Waals surface area (Å²) >= 11 is 0. The van der Waals surface area contributed by atoms with Gasteiger partial charge in [0.1, 0.15) is 11.7 Å². The summed E-state index contributed by atoms with van der Waals surface area (Å²) < 4.78 is 0. The second-order valence-electron chi connectivity index (χ2n) is 7.57. The van der Waals surface area contributed by atoms with Gasteiger partial charge in [-0.05, 0) is 56.9 Å². The van der Waals surface area contributed by atoms with Gasteiger partial charge in [0.25, 0.3) is 0 Å². The molecule has 134 valence electrons. The van der Waals surface area contributed by atoms with Crippen molar-refractivity contribution in [2.45, 2.75) is 51.4 Å². The summed E-state index contributed by atoms with van der Waals surface area (Å²) in [6, 6.07) is 14.6. The molecule has 0 heterocycles. The molecule has 0 fully saturated rings. The van der Waals surface area contributed by atoms with E-state index in [2.05, 4.69) is 0 Å². The fourth-order valence-corrected chi connectivity index (χ4v) is 2.69. The molecular weight excluding hydrogens is 316 g/mol. The van der Waals surface area contributed by atoms with Crippen LogP contribution in [0.2, 0.25) is 0 Å². The molecule has 4 heteroatoms. The molecule has 0 aliphatic carbocycles. The molecule has 0 bridgehead atoms. The van der Waals surface area contributed by atoms with Crippen LogP contribution in [0.5, 0.6) is 0 Å². The van der Waals surface area contributed by atoms with Crippen molar-refractivity contribution in [1.29, 1.82) is 0 Å². The molecule has 2 rings (SSSR count). The Kier molecular flexibility index (Phi) is 5.47. The maximum absolute atomic E-state index is 12.2. The number of benzene rings is 2. The lowest BCUT2D eigenvalue weighted by atomic mass is 9.91. The first kappa shape index (κ1) is 19.3. The van der Waals surface area contributed by atoms with E-state index in [1.165, 1.54) is 13.8 Å². The molecule has 25 heavy (non-hydrogen) atoms. The number of carbonyl (C=O) groups is 1. The SMILES string of the molecule is CC(C)(O)C(=O)c1cccc(Cc2cccc(C(O)C(C)(C)O)c2)c1. The van der Waals surface area contributed by atoms with Crippen LogP contribution in [0.4, 0.5) is 0 Å². The van der Waals surface area contributed by atoms with Crippen molar-refractivity contribution in [2.24, 2.45) is 0 Å². The van der Waals surface area contributed by atoms with Gasteiger partial charge in [0.2, 0.25) is 0 Å². The van der Waals surface area contributed by atoms with E-state index in [1.54, 1.807) is 38.1 Å². The zero-order valence-electron chi connectivity index (χ0n) is 15.2. The quantitative estimate of drug-likeness (QED) is 0.705. The Labute approximate surface area is 148 Å². The number of rotatable bonds is 6. The summed E-state index contributed by atoms with van der Waals surface area (Å²) in [5.74, 6) is -0.319. The van der Waals surface area contributed by atoms with Crippen LogP contribution in [-0.4, -0.2) is 32.3 Å². The van der Waals surface area contributed by atoms with Crippen molar-refractivity contribution in [3.63, 3.8) is 0 Å². The fraction of sp³-hybridized carbons (Fsp3) is 0.381. The van der Waals surface area contributed by atoms with Crippen LogP contribution < -0.4 is 0 Å². The van der Waals surface area contributed by atoms with Gasteiger partial charge < -0.3 is 15.3 Å². The Morgan fingerprint density at radius 3 is 2.08 bits per heavy atom. The first-order valence-electron chi connectivity index (χ1n) is 8.34. The van der Waals surface area contributed by atoms with E-state index in [4.69, 9.17) is 0 Å². The predicted molar refractivity (Wildman–Crippen MR) is 97.6 cm³/mol. The first-order chi connectivity index (χ1) is 11.5. The Morgan fingerprint density at radius 1 is 0.960 bits per heavy atom. The van der Waals surface area contributed by atoms with Gasteiger partial charge in [-0.2, -0.15) is 0 Å². The zero-order valence-corrected chi connectivity index (χ0v) is 15.2. The van der Waals surface area contributed by atoms with Gasteiger partial charge in [0, 0.05) is 5.56 Å². The Balaban J connectivity index is 2.25. The molecule has 0 spiro atoms. The summed E-state index contributed by atoms with van der Waals surface area (Å²) in [4.78, 5) is 12.2. The van der Waals surface area contributed by atoms with Crippen LogP contribution in [0.15, 0.2) is 48.5 Å². The normalized spacial score (nSPS) is 13.6. The number of hydrogen-bond acceptors (Lipinski definition) is 4. The van der Waals surface area contributed by atoms with Crippen molar-refractivity contribution in [3.05, 3.63) is 70.8 Å². The van der Waals surface area contributed by atoms with E-state index in [0.29, 0.717) is 17.5 Å². The average Bonchev–Trinajstić information content (AvgIpc) is 2.52. The number of aliphatic hydroxyl groups is 3. The monoisotopic (exact) mass is 342 g/mol. The van der Waals surface area contributed by atoms with E-state index in [-0.39, 0.29) is 5.78 Å². The largest absolute Gasteiger partial charge is 0.387 e. The lowest BCUT2D eigenvalue weighted by Crippen LogP contribution is -2.31. The highest BCUT2D eigenvalue weighted by Gasteiger charge is 2.26. The minimum absolute atomic E-state index is 0.319. The molecule has 0 radical (unpaired) electrons. The van der Waals surface area contributed by atoms with Crippen LogP contribution in [0, 0.1) is 0 Å². The molecule has 0 amide bonds. The van der Waals surface area contributed by atoms with Crippen molar-refractivity contribution >= 4 is 5.78 Å². The fourth-order valence-electron chi connectivity index (χ4n) is 2.69. The van der Waals surface area contributed by atoms with Gasteiger partial charge in [-0.15, -0.1) is 0 Å². The van der Waals surface area contributed by atoms with Crippen molar-refractivity contribution in [2.75, 3.05) is 0 Å². The number of Topliss-reactive ketones (excluding diaryl/α,β-unsaturated/α-hetero) is 1. The molecule has 2 aromatic rings. The maximum atomic E-state index is 12.2. The summed E-state index contributed by atoms with van der Waals surface area (Å²) in [7, 11) is 0. The predicted octanol–water partition coefficient (Wildman–Crippen LogP) is 3.04. The molecule has 3 N–H and O–H groups in total. The summed E-state index contributed by atoms with van der Waals surface area (Å²) in [5.41, 5.74) is 0.387. The molecule has 2 aromatic carbocycles. The molecule has 0 aliphatic rings. The minimum Gasteiger partial charge on any atom is -0.387 e. The lowest BCUT2D eigenvalue weighted by molar-refractivity contribution is -0.0497. The van der Waals surface area contributed by atoms with E-state index in [0.717, 1.165) is 11.1 Å². The Bertz CT molecular complexity index is 751. The van der Waals surface area contributed by atoms with Crippen LogP contribution in [0.3, 0.4) is 0 Å². The van der Waals surface area contributed by atoms with Gasteiger partial charge in [-0.3, -0.25) is 4.79 Å². The van der Waals surface area contributed by atoms with Gasteiger partial charge in [-0.1, -0.05) is 42.5 Å². The van der Waals surface area contributed by atoms with E-state index >= 15 is 0 Å². The number of aliphatic hydroxyl groups excluding tert-OH is 1. The van der Waals surface area contributed by atoms with Gasteiger partial charge in [0.05, 0.1) is 5.60 Å². The van der Waals surface area contributed by atoms with E-state index < -0.39 is 17.3 Å². The van der Waals surface area contributed by atoms with Gasteiger partial charge in [-0.25, -0.2) is 0 Å². The first-order valence-corrected chi connectivity index (χ1v) is 8.34. The second kappa shape index (κ2) is 7.08. The minimum atomic E-state index is -1.41. The topological polar surface area (TPSA) is 77.8 Å². The number of ketones is 1.